The summed E-state index contributed by atoms with van der Waals surface area (Å²) in [5, 5.41) is 30.8. The van der Waals surface area contributed by atoms with Crippen molar-refractivity contribution in [2.75, 3.05) is 13.2 Å². The lowest BCUT2D eigenvalue weighted by Crippen LogP contribution is -2.57. The molecule has 2 fully saturated rings. The number of ether oxygens (including phenoxy) is 1. The van der Waals surface area contributed by atoms with Gasteiger partial charge in [-0.25, -0.2) is 4.79 Å². The monoisotopic (exact) mass is 286 g/mol. The smallest absolute Gasteiger partial charge is 0.326 e. The minimum atomic E-state index is -1.34. The molecule has 3 amide bonds. The Morgan fingerprint density at radius 2 is 2.10 bits per heavy atom. The number of urea groups is 1. The Morgan fingerprint density at radius 1 is 1.40 bits per heavy atom. The van der Waals surface area contributed by atoms with Gasteiger partial charge in [-0.15, -0.1) is 0 Å². The molecular formula is C12H18N2O6. The number of carbonyl (C=O) groups excluding carboxylic acids is 2. The fourth-order valence-corrected chi connectivity index (χ4v) is 2.32. The molecule has 0 aromatic carbocycles. The van der Waals surface area contributed by atoms with Gasteiger partial charge in [-0.1, -0.05) is 13.0 Å². The van der Waals surface area contributed by atoms with Crippen molar-refractivity contribution in [3.8, 4) is 0 Å². The van der Waals surface area contributed by atoms with Crippen molar-refractivity contribution in [3.63, 3.8) is 0 Å². The van der Waals surface area contributed by atoms with E-state index in [-0.39, 0.29) is 6.54 Å². The number of carbonyl (C=O) groups is 2. The Morgan fingerprint density at radius 3 is 2.65 bits per heavy atom. The lowest BCUT2D eigenvalue weighted by atomic mass is 10.1. The molecule has 8 nitrogen and oxygen atoms in total. The second-order valence-electron chi connectivity index (χ2n) is 4.75. The van der Waals surface area contributed by atoms with E-state index in [2.05, 4.69) is 5.32 Å². The van der Waals surface area contributed by atoms with Gasteiger partial charge in [-0.05, 0) is 6.42 Å². The van der Waals surface area contributed by atoms with Crippen molar-refractivity contribution in [1.29, 1.82) is 0 Å². The lowest BCUT2D eigenvalue weighted by Gasteiger charge is -2.34. The van der Waals surface area contributed by atoms with Gasteiger partial charge < -0.3 is 20.1 Å². The van der Waals surface area contributed by atoms with Gasteiger partial charge in [-0.2, -0.15) is 0 Å². The Kier molecular flexibility index (Phi) is 4.39. The number of hydrogen-bond donors (Lipinski definition) is 4. The van der Waals surface area contributed by atoms with Gasteiger partial charge in [0.2, 0.25) is 0 Å². The highest BCUT2D eigenvalue weighted by Gasteiger charge is 2.48. The van der Waals surface area contributed by atoms with Crippen LogP contribution < -0.4 is 5.32 Å². The number of hydrogen-bond acceptors (Lipinski definition) is 6. The molecule has 2 saturated heterocycles. The first-order valence-electron chi connectivity index (χ1n) is 6.43. The van der Waals surface area contributed by atoms with Gasteiger partial charge in [0.15, 0.2) is 6.23 Å². The predicted octanol–water partition coefficient (Wildman–Crippen LogP) is -1.69. The topological polar surface area (TPSA) is 119 Å². The van der Waals surface area contributed by atoms with Crippen molar-refractivity contribution < 1.29 is 29.6 Å². The second kappa shape index (κ2) is 5.88. The molecule has 0 spiro atoms. The van der Waals surface area contributed by atoms with Crippen LogP contribution in [-0.2, 0) is 9.53 Å². The van der Waals surface area contributed by atoms with Gasteiger partial charge in [0, 0.05) is 5.57 Å². The maximum Gasteiger partial charge on any atom is 0.326 e. The van der Waals surface area contributed by atoms with Gasteiger partial charge in [0.25, 0.3) is 5.91 Å². The van der Waals surface area contributed by atoms with Crippen LogP contribution in [0.2, 0.25) is 0 Å². The molecule has 2 rings (SSSR count). The maximum atomic E-state index is 11.8. The van der Waals surface area contributed by atoms with Gasteiger partial charge in [0.05, 0.1) is 13.2 Å². The highest BCUT2D eigenvalue weighted by molar-refractivity contribution is 6.06. The summed E-state index contributed by atoms with van der Waals surface area (Å²) in [6.45, 7) is 1.37. The summed E-state index contributed by atoms with van der Waals surface area (Å²) in [5.41, 5.74) is 0.393. The number of nitrogens with one attached hydrogen (secondary N) is 1. The van der Waals surface area contributed by atoms with E-state index in [1.54, 1.807) is 6.08 Å². The molecular weight excluding hydrogens is 268 g/mol. The Hall–Kier alpha value is -1.48. The van der Waals surface area contributed by atoms with E-state index in [1.807, 2.05) is 6.92 Å². The number of aliphatic hydroxyl groups is 3. The number of imide groups is 1. The molecule has 2 heterocycles. The molecule has 4 N–H and O–H groups in total. The molecule has 0 unspecified atom stereocenters. The fourth-order valence-electron chi connectivity index (χ4n) is 2.32. The summed E-state index contributed by atoms with van der Waals surface area (Å²) >= 11 is 0. The second-order valence-corrected chi connectivity index (χ2v) is 4.75. The summed E-state index contributed by atoms with van der Waals surface area (Å²) in [4.78, 5) is 24.6. The van der Waals surface area contributed by atoms with Crippen LogP contribution in [0.3, 0.4) is 0 Å². The van der Waals surface area contributed by atoms with Crippen molar-refractivity contribution >= 4 is 11.9 Å². The van der Waals surface area contributed by atoms with Crippen molar-refractivity contribution in [3.05, 3.63) is 11.6 Å². The highest BCUT2D eigenvalue weighted by atomic mass is 16.6. The van der Waals surface area contributed by atoms with Crippen molar-refractivity contribution in [1.82, 2.24) is 10.2 Å². The molecule has 0 saturated carbocycles. The summed E-state index contributed by atoms with van der Waals surface area (Å²) in [5.74, 6) is -0.472. The predicted molar refractivity (Wildman–Crippen MR) is 66.4 cm³/mol. The maximum absolute atomic E-state index is 11.8. The van der Waals surface area contributed by atoms with E-state index in [0.717, 1.165) is 4.90 Å². The Bertz CT molecular complexity index is 438. The van der Waals surface area contributed by atoms with E-state index in [9.17, 15) is 19.8 Å². The summed E-state index contributed by atoms with van der Waals surface area (Å²) in [6, 6.07) is -0.696. The number of allylic oxidation sites excluding steroid dienone is 1. The fraction of sp³-hybridized carbons (Fsp3) is 0.667. The van der Waals surface area contributed by atoms with Crippen LogP contribution in [0.15, 0.2) is 11.6 Å². The van der Waals surface area contributed by atoms with Gasteiger partial charge in [0.1, 0.15) is 18.3 Å². The van der Waals surface area contributed by atoms with E-state index >= 15 is 0 Å². The minimum Gasteiger partial charge on any atom is -0.394 e. The van der Waals surface area contributed by atoms with Crippen molar-refractivity contribution in [2.24, 2.45) is 0 Å². The number of rotatable bonds is 3. The molecule has 2 aliphatic heterocycles. The minimum absolute atomic E-state index is 0.00883. The Labute approximate surface area is 115 Å². The zero-order chi connectivity index (χ0) is 14.9. The van der Waals surface area contributed by atoms with Crippen molar-refractivity contribution in [2.45, 2.75) is 37.9 Å². The summed E-state index contributed by atoms with van der Waals surface area (Å²) in [7, 11) is 0. The molecule has 0 aromatic heterocycles. The molecule has 112 valence electrons. The van der Waals surface area contributed by atoms with E-state index in [4.69, 9.17) is 9.84 Å². The average molecular weight is 286 g/mol. The normalized spacial score (nSPS) is 36.6. The van der Waals surface area contributed by atoms with Gasteiger partial charge >= 0.3 is 6.03 Å². The average Bonchev–Trinajstić information content (AvgIpc) is 2.70. The summed E-state index contributed by atoms with van der Waals surface area (Å²) in [6.07, 6.45) is -2.38. The number of nitrogens with zero attached hydrogens (tertiary/aromatic N) is 1. The van der Waals surface area contributed by atoms with Crippen LogP contribution in [0.1, 0.15) is 13.3 Å². The third kappa shape index (κ3) is 2.55. The third-order valence-electron chi connectivity index (χ3n) is 3.39. The molecule has 0 radical (unpaired) electrons. The first kappa shape index (κ1) is 14.9. The molecule has 0 aliphatic carbocycles. The van der Waals surface area contributed by atoms with E-state index in [0.29, 0.717) is 12.0 Å². The van der Waals surface area contributed by atoms with E-state index < -0.39 is 43.1 Å². The lowest BCUT2D eigenvalue weighted by molar-refractivity contribution is -0.120. The standard InChI is InChI=1S/C12H18N2O6/c1-2-3-6-4-14(12(19)13-10(6)18)11-9(17)8(16)7(5-15)20-11/h3,7-9,11,15-17H,2,4-5H2,1H3,(H,13,18,19)/t7-,8-,9-,11-/m1/s1. The first-order valence-corrected chi connectivity index (χ1v) is 6.43. The molecule has 0 bridgehead atoms. The van der Waals surface area contributed by atoms with Crippen LogP contribution in [0.4, 0.5) is 4.79 Å². The SMILES string of the molecule is CCC=C1CN([C@@H]2O[C@H](CO)[C@@H](O)[C@H]2O)C(=O)NC1=O. The Balaban J connectivity index is 2.17. The highest BCUT2D eigenvalue weighted by Crippen LogP contribution is 2.26. The van der Waals surface area contributed by atoms with E-state index in [1.165, 1.54) is 0 Å². The molecule has 0 aromatic rings. The number of amides is 3. The van der Waals surface area contributed by atoms with Gasteiger partial charge in [-0.3, -0.25) is 15.0 Å². The third-order valence-corrected chi connectivity index (χ3v) is 3.39. The first-order chi connectivity index (χ1) is 9.49. The molecule has 20 heavy (non-hydrogen) atoms. The number of aliphatic hydroxyl groups excluding tert-OH is 3. The largest absolute Gasteiger partial charge is 0.394 e. The van der Waals surface area contributed by atoms with Crippen LogP contribution in [0.5, 0.6) is 0 Å². The van der Waals surface area contributed by atoms with Crippen LogP contribution in [-0.4, -0.2) is 69.8 Å². The quantitative estimate of drug-likeness (QED) is 0.460. The zero-order valence-electron chi connectivity index (χ0n) is 11.0. The van der Waals surface area contributed by atoms with Crippen LogP contribution in [0.25, 0.3) is 0 Å². The molecule has 2 aliphatic rings. The zero-order valence-corrected chi connectivity index (χ0v) is 11.0. The molecule has 4 atom stereocenters. The molecule has 8 heteroatoms. The summed E-state index contributed by atoms with van der Waals surface area (Å²) < 4.78 is 5.28. The van der Waals surface area contributed by atoms with Crippen LogP contribution >= 0.6 is 0 Å². The van der Waals surface area contributed by atoms with Crippen LogP contribution in [0, 0.1) is 0 Å².